The minimum Gasteiger partial charge on any atom is -0.313 e. The maximum Gasteiger partial charge on any atom is 0.325 e. The van der Waals surface area contributed by atoms with Gasteiger partial charge in [0.1, 0.15) is 0 Å². The van der Waals surface area contributed by atoms with Crippen LogP contribution in [-0.2, 0) is 10.0 Å². The number of anilines is 1. The minimum atomic E-state index is -4.44. The number of halogens is 1. The van der Waals surface area contributed by atoms with Gasteiger partial charge in [0.2, 0.25) is 0 Å². The normalized spacial score (nSPS) is 10.9. The van der Waals surface area contributed by atoms with Crippen molar-refractivity contribution in [2.75, 3.05) is 4.72 Å². The number of nitrogens with one attached hydrogen (secondary N) is 5. The third kappa shape index (κ3) is 5.18. The van der Waals surface area contributed by atoms with Gasteiger partial charge in [0.05, 0.1) is 11.3 Å². The van der Waals surface area contributed by atoms with E-state index >= 15 is 0 Å². The van der Waals surface area contributed by atoms with Crippen molar-refractivity contribution in [3.8, 4) is 0 Å². The van der Waals surface area contributed by atoms with E-state index in [1.165, 1.54) is 36.4 Å². The van der Waals surface area contributed by atoms with E-state index < -0.39 is 38.0 Å². The summed E-state index contributed by atoms with van der Waals surface area (Å²) < 4.78 is 27.2. The van der Waals surface area contributed by atoms with Crippen LogP contribution in [0.15, 0.2) is 69.2 Å². The molecule has 5 N–H and O–H groups in total. The molecule has 0 saturated carbocycles. The molecule has 0 aliphatic carbocycles. The fourth-order valence-corrected chi connectivity index (χ4v) is 3.73. The molecule has 0 bridgehead atoms. The van der Waals surface area contributed by atoms with Crippen molar-refractivity contribution < 1.29 is 18.0 Å². The van der Waals surface area contributed by atoms with Crippen LogP contribution in [0.1, 0.15) is 20.7 Å². The van der Waals surface area contributed by atoms with Crippen molar-refractivity contribution in [2.45, 2.75) is 4.90 Å². The van der Waals surface area contributed by atoms with Gasteiger partial charge in [-0.1, -0.05) is 29.8 Å². The van der Waals surface area contributed by atoms with Gasteiger partial charge in [0, 0.05) is 16.8 Å². The first-order valence-electron chi connectivity index (χ1n) is 8.47. The lowest BCUT2D eigenvalue weighted by atomic mass is 10.2. The Kier molecular flexibility index (Phi) is 6.22. The van der Waals surface area contributed by atoms with E-state index in [0.717, 1.165) is 6.20 Å². The fourth-order valence-electron chi connectivity index (χ4n) is 2.45. The second-order valence-electron chi connectivity index (χ2n) is 6.01. The molecule has 13 heteroatoms. The van der Waals surface area contributed by atoms with E-state index in [1.807, 2.05) is 0 Å². The Morgan fingerprint density at radius 3 is 2.35 bits per heavy atom. The molecule has 0 spiro atoms. The number of hydrogen-bond acceptors (Lipinski definition) is 6. The van der Waals surface area contributed by atoms with E-state index in [1.54, 1.807) is 17.1 Å². The molecule has 3 aromatic rings. The zero-order valence-electron chi connectivity index (χ0n) is 15.4. The topological polar surface area (TPSA) is 170 Å². The van der Waals surface area contributed by atoms with Crippen LogP contribution in [0, 0.1) is 0 Å². The van der Waals surface area contributed by atoms with Crippen LogP contribution >= 0.6 is 11.6 Å². The molecular weight excluding hydrogens is 450 g/mol. The van der Waals surface area contributed by atoms with Gasteiger partial charge >= 0.3 is 5.69 Å². The molecule has 0 radical (unpaired) electrons. The van der Waals surface area contributed by atoms with Gasteiger partial charge in [-0.15, -0.1) is 0 Å². The highest BCUT2D eigenvalue weighted by molar-refractivity contribution is 7.92. The summed E-state index contributed by atoms with van der Waals surface area (Å²) in [6.07, 6.45) is 0.734. The van der Waals surface area contributed by atoms with Crippen molar-refractivity contribution in [3.63, 3.8) is 0 Å². The molecular formula is C18H14ClN5O6S. The third-order valence-electron chi connectivity index (χ3n) is 3.87. The lowest BCUT2D eigenvalue weighted by Gasteiger charge is -2.13. The number of H-pyrrole nitrogens is 2. The number of aromatic nitrogens is 2. The van der Waals surface area contributed by atoms with Crippen molar-refractivity contribution in [3.05, 3.63) is 91.7 Å². The molecule has 0 atom stereocenters. The monoisotopic (exact) mass is 463 g/mol. The third-order valence-corrected chi connectivity index (χ3v) is 5.47. The smallest absolute Gasteiger partial charge is 0.313 e. The summed E-state index contributed by atoms with van der Waals surface area (Å²) in [5.74, 6) is -1.47. The van der Waals surface area contributed by atoms with Crippen LogP contribution in [0.2, 0.25) is 5.02 Å². The molecule has 0 unspecified atom stereocenters. The second kappa shape index (κ2) is 8.85. The lowest BCUT2D eigenvalue weighted by molar-refractivity contribution is 0.0847. The molecule has 11 nitrogen and oxygen atoms in total. The minimum absolute atomic E-state index is 0.140. The largest absolute Gasteiger partial charge is 0.325 e. The van der Waals surface area contributed by atoms with E-state index in [9.17, 15) is 27.6 Å². The molecule has 0 aliphatic rings. The summed E-state index contributed by atoms with van der Waals surface area (Å²) in [5, 5.41) is 0.330. The number of rotatable bonds is 5. The Morgan fingerprint density at radius 2 is 1.65 bits per heavy atom. The van der Waals surface area contributed by atoms with Crippen LogP contribution in [0.5, 0.6) is 0 Å². The highest BCUT2D eigenvalue weighted by Gasteiger charge is 2.22. The van der Waals surface area contributed by atoms with Gasteiger partial charge < -0.3 is 4.98 Å². The summed E-state index contributed by atoms with van der Waals surface area (Å²) >= 11 is 5.82. The van der Waals surface area contributed by atoms with Crippen LogP contribution < -0.4 is 26.8 Å². The second-order valence-corrected chi connectivity index (χ2v) is 8.09. The maximum absolute atomic E-state index is 12.5. The quantitative estimate of drug-likeness (QED) is 0.347. The molecule has 160 valence electrons. The standard InChI is InChI=1S/C18H14ClN5O6S/c19-11-5-3-4-10(8-11)15(25)22-23-16(26)12-6-1-2-7-13(12)24-31(29,30)14-9-20-18(28)21-17(14)27/h1-9,24H,(H,22,25)(H,23,26)(H2,20,21,27,28). The number of carbonyl (C=O) groups excluding carboxylic acids is 2. The molecule has 0 aliphatic heterocycles. The molecule has 1 aromatic heterocycles. The number of hydrazine groups is 1. The Bertz CT molecular complexity index is 1380. The predicted octanol–water partition coefficient (Wildman–Crippen LogP) is 0.592. The molecule has 2 amide bonds. The molecule has 2 aromatic carbocycles. The Labute approximate surface area is 179 Å². The number of para-hydroxylation sites is 1. The van der Waals surface area contributed by atoms with E-state index in [2.05, 4.69) is 20.6 Å². The number of amides is 2. The van der Waals surface area contributed by atoms with Crippen LogP contribution in [0.3, 0.4) is 0 Å². The zero-order chi connectivity index (χ0) is 22.6. The number of sulfonamides is 1. The molecule has 1 heterocycles. The maximum atomic E-state index is 12.5. The molecule has 0 saturated heterocycles. The summed E-state index contributed by atoms with van der Waals surface area (Å²) in [6.45, 7) is 0. The number of hydrogen-bond donors (Lipinski definition) is 5. The molecule has 0 fully saturated rings. The van der Waals surface area contributed by atoms with Crippen molar-refractivity contribution >= 4 is 39.1 Å². The van der Waals surface area contributed by atoms with E-state index in [-0.39, 0.29) is 16.8 Å². The summed E-state index contributed by atoms with van der Waals surface area (Å²) in [6, 6.07) is 11.5. The van der Waals surface area contributed by atoms with Crippen LogP contribution in [0.4, 0.5) is 5.69 Å². The average molecular weight is 464 g/mol. The number of carbonyl (C=O) groups is 2. The average Bonchev–Trinajstić information content (AvgIpc) is 2.71. The van der Waals surface area contributed by atoms with Gasteiger partial charge in [-0.05, 0) is 30.3 Å². The van der Waals surface area contributed by atoms with E-state index in [4.69, 9.17) is 11.6 Å². The van der Waals surface area contributed by atoms with Crippen molar-refractivity contribution in [1.29, 1.82) is 0 Å². The summed E-state index contributed by atoms with van der Waals surface area (Å²) in [4.78, 5) is 50.6. The Hall–Kier alpha value is -3.90. The lowest BCUT2D eigenvalue weighted by Crippen LogP contribution is -2.42. The highest BCUT2D eigenvalue weighted by Crippen LogP contribution is 2.18. The first-order chi connectivity index (χ1) is 14.7. The zero-order valence-corrected chi connectivity index (χ0v) is 17.0. The number of aromatic amines is 2. The van der Waals surface area contributed by atoms with Gasteiger partial charge in [-0.3, -0.25) is 34.9 Å². The van der Waals surface area contributed by atoms with Crippen LogP contribution in [0.25, 0.3) is 0 Å². The van der Waals surface area contributed by atoms with Crippen LogP contribution in [-0.4, -0.2) is 30.2 Å². The molecule has 31 heavy (non-hydrogen) atoms. The first-order valence-corrected chi connectivity index (χ1v) is 10.3. The highest BCUT2D eigenvalue weighted by atomic mass is 35.5. The number of benzene rings is 2. The van der Waals surface area contributed by atoms with Crippen molar-refractivity contribution in [2.24, 2.45) is 0 Å². The summed E-state index contributed by atoms with van der Waals surface area (Å²) in [7, 11) is -4.44. The van der Waals surface area contributed by atoms with Gasteiger partial charge in [0.25, 0.3) is 27.4 Å². The van der Waals surface area contributed by atoms with Gasteiger partial charge in [0.15, 0.2) is 4.90 Å². The predicted molar refractivity (Wildman–Crippen MR) is 111 cm³/mol. The molecule has 3 rings (SSSR count). The van der Waals surface area contributed by atoms with Crippen molar-refractivity contribution in [1.82, 2.24) is 20.8 Å². The van der Waals surface area contributed by atoms with E-state index in [0.29, 0.717) is 5.02 Å². The fraction of sp³-hybridized carbons (Fsp3) is 0. The first kappa shape index (κ1) is 21.8. The Morgan fingerprint density at radius 1 is 0.935 bits per heavy atom. The summed E-state index contributed by atoms with van der Waals surface area (Å²) in [5.41, 5.74) is 2.24. The SMILES string of the molecule is O=C(NNC(=O)c1ccccc1NS(=O)(=O)c1c[nH]c(=O)[nH]c1=O)c1cccc(Cl)c1. The van der Waals surface area contributed by atoms with Gasteiger partial charge in [-0.25, -0.2) is 13.2 Å². The Balaban J connectivity index is 1.79. The van der Waals surface area contributed by atoms with Gasteiger partial charge in [-0.2, -0.15) is 0 Å².